The Hall–Kier alpha value is -1.72. The second-order valence-corrected chi connectivity index (χ2v) is 5.23. The van der Waals surface area contributed by atoms with Crippen LogP contribution in [-0.2, 0) is 4.79 Å². The van der Waals surface area contributed by atoms with Gasteiger partial charge in [-0.15, -0.1) is 0 Å². The van der Waals surface area contributed by atoms with Crippen LogP contribution in [0.25, 0.3) is 0 Å². The summed E-state index contributed by atoms with van der Waals surface area (Å²) in [6.45, 7) is 0. The van der Waals surface area contributed by atoms with Crippen molar-refractivity contribution in [1.82, 2.24) is 9.97 Å². The molecule has 110 valence electrons. The van der Waals surface area contributed by atoms with Crippen LogP contribution < -0.4 is 5.32 Å². The summed E-state index contributed by atoms with van der Waals surface area (Å²) >= 11 is 11.1. The molecule has 0 spiro atoms. The van der Waals surface area contributed by atoms with Crippen LogP contribution >= 0.6 is 23.2 Å². The number of nitrogens with zero attached hydrogens (tertiary/aromatic N) is 2. The summed E-state index contributed by atoms with van der Waals surface area (Å²) in [6, 6.07) is 6.44. The Bertz CT molecular complexity index is 635. The van der Waals surface area contributed by atoms with Crippen LogP contribution in [-0.4, -0.2) is 16.4 Å². The largest absolute Gasteiger partial charge is 0.313 e. The summed E-state index contributed by atoms with van der Waals surface area (Å²) in [5.74, 6) is 0.721. The van der Waals surface area contributed by atoms with Gasteiger partial charge in [0, 0.05) is 6.07 Å². The van der Waals surface area contributed by atoms with Crippen molar-refractivity contribution in [2.24, 2.45) is 0 Å². The molecule has 1 fully saturated rings. The molecule has 0 aliphatic heterocycles. The van der Waals surface area contributed by atoms with Crippen molar-refractivity contribution in [2.45, 2.75) is 18.8 Å². The summed E-state index contributed by atoms with van der Waals surface area (Å²) < 4.78 is 12.7. The summed E-state index contributed by atoms with van der Waals surface area (Å²) in [6.07, 6.45) is 4.25. The minimum absolute atomic E-state index is 0.245. The molecule has 0 bridgehead atoms. The van der Waals surface area contributed by atoms with Gasteiger partial charge in [-0.05, 0) is 36.5 Å². The van der Waals surface area contributed by atoms with Crippen LogP contribution in [0.5, 0.6) is 0 Å². The van der Waals surface area contributed by atoms with Gasteiger partial charge in [0.05, 0.1) is 5.02 Å². The molecule has 2 aromatic rings. The molecule has 7 heteroatoms. The van der Waals surface area contributed by atoms with Crippen LogP contribution in [0, 0.1) is 5.82 Å². The molecule has 4 nitrogen and oxygen atoms in total. The Morgan fingerprint density at radius 1 is 1.24 bits per heavy atom. The predicted molar refractivity (Wildman–Crippen MR) is 80.1 cm³/mol. The van der Waals surface area contributed by atoms with Crippen LogP contribution in [0.2, 0.25) is 10.2 Å². The monoisotopic (exact) mass is 327 g/mol. The van der Waals surface area contributed by atoms with Crippen molar-refractivity contribution in [3.05, 3.63) is 52.1 Å². The number of carbonyl (C=O) groups is 1. The second kappa shape index (κ2) is 7.33. The highest BCUT2D eigenvalue weighted by Crippen LogP contribution is 2.40. The first-order chi connectivity index (χ1) is 10.1. The highest BCUT2D eigenvalue weighted by Gasteiger charge is 2.23. The van der Waals surface area contributed by atoms with Crippen molar-refractivity contribution in [3.8, 4) is 0 Å². The lowest BCUT2D eigenvalue weighted by molar-refractivity contribution is -0.105. The zero-order chi connectivity index (χ0) is 15.2. The Morgan fingerprint density at radius 2 is 2.00 bits per heavy atom. The molecule has 0 unspecified atom stereocenters. The number of carbonyl (C=O) groups excluding carboxylic acids is 1. The van der Waals surface area contributed by atoms with Gasteiger partial charge in [-0.1, -0.05) is 29.3 Å². The van der Waals surface area contributed by atoms with E-state index >= 15 is 0 Å². The number of amides is 1. The lowest BCUT2D eigenvalue weighted by Gasteiger charge is -1.98. The molecule has 1 N–H and O–H groups in total. The molecule has 0 atom stereocenters. The fourth-order valence-corrected chi connectivity index (χ4v) is 1.99. The number of hydrogen-bond acceptors (Lipinski definition) is 3. The molecule has 21 heavy (non-hydrogen) atoms. The fourth-order valence-electron chi connectivity index (χ4n) is 1.66. The molecule has 1 aliphatic carbocycles. The quantitative estimate of drug-likeness (QED) is 0.683. The van der Waals surface area contributed by atoms with Gasteiger partial charge in [-0.3, -0.25) is 4.79 Å². The third-order valence-corrected chi connectivity index (χ3v) is 3.33. The van der Waals surface area contributed by atoms with Gasteiger partial charge in [0.2, 0.25) is 6.41 Å². The molecule has 1 aromatic heterocycles. The van der Waals surface area contributed by atoms with Crippen molar-refractivity contribution in [2.75, 3.05) is 5.32 Å². The zero-order valence-corrected chi connectivity index (χ0v) is 12.4. The molecule has 0 saturated heterocycles. The first-order valence-electron chi connectivity index (χ1n) is 6.23. The third kappa shape index (κ3) is 4.95. The zero-order valence-electron chi connectivity index (χ0n) is 10.9. The molecule has 1 heterocycles. The highest BCUT2D eigenvalue weighted by molar-refractivity contribution is 6.30. The smallest absolute Gasteiger partial charge is 0.212 e. The van der Waals surface area contributed by atoms with E-state index in [0.717, 1.165) is 0 Å². The average molecular weight is 328 g/mol. The molecule has 1 aliphatic rings. The van der Waals surface area contributed by atoms with Crippen LogP contribution in [0.15, 0.2) is 30.6 Å². The molecule has 1 amide bonds. The van der Waals surface area contributed by atoms with Crippen molar-refractivity contribution in [3.63, 3.8) is 0 Å². The van der Waals surface area contributed by atoms with Crippen molar-refractivity contribution in [1.29, 1.82) is 0 Å². The number of aromatic nitrogens is 2. The van der Waals surface area contributed by atoms with Crippen molar-refractivity contribution >= 4 is 35.4 Å². The van der Waals surface area contributed by atoms with E-state index in [4.69, 9.17) is 23.2 Å². The summed E-state index contributed by atoms with van der Waals surface area (Å²) in [5, 5.41) is 2.88. The first kappa shape index (κ1) is 15.7. The summed E-state index contributed by atoms with van der Waals surface area (Å²) in [4.78, 5) is 17.2. The predicted octanol–water partition coefficient (Wildman–Crippen LogP) is 4.05. The van der Waals surface area contributed by atoms with E-state index in [1.54, 1.807) is 6.07 Å². The van der Waals surface area contributed by atoms with Gasteiger partial charge in [0.1, 0.15) is 23.1 Å². The topological polar surface area (TPSA) is 54.9 Å². The maximum atomic E-state index is 12.7. The van der Waals surface area contributed by atoms with E-state index in [-0.39, 0.29) is 10.8 Å². The van der Waals surface area contributed by atoms with E-state index in [1.807, 2.05) is 6.07 Å². The maximum Gasteiger partial charge on any atom is 0.212 e. The lowest BCUT2D eigenvalue weighted by Crippen LogP contribution is -1.96. The molecule has 1 saturated carbocycles. The van der Waals surface area contributed by atoms with E-state index < -0.39 is 0 Å². The fraction of sp³-hybridized carbons (Fsp3) is 0.214. The van der Waals surface area contributed by atoms with Gasteiger partial charge in [-0.25, -0.2) is 14.4 Å². The van der Waals surface area contributed by atoms with E-state index in [0.29, 0.717) is 23.3 Å². The molecule has 1 aromatic carbocycles. The van der Waals surface area contributed by atoms with Crippen LogP contribution in [0.4, 0.5) is 10.2 Å². The first-order valence-corrected chi connectivity index (χ1v) is 6.98. The molecule has 3 rings (SSSR count). The van der Waals surface area contributed by atoms with Crippen LogP contribution in [0.1, 0.15) is 24.3 Å². The molecule has 0 radical (unpaired) electrons. The Labute approximate surface area is 131 Å². The Kier molecular flexibility index (Phi) is 5.47. The molecular formula is C14H12Cl2FN3O. The van der Waals surface area contributed by atoms with E-state index in [9.17, 15) is 9.18 Å². The number of benzene rings is 1. The molecular weight excluding hydrogens is 316 g/mol. The minimum atomic E-state index is -0.323. The third-order valence-electron chi connectivity index (χ3n) is 2.83. The Morgan fingerprint density at radius 3 is 2.57 bits per heavy atom. The Balaban J connectivity index is 0.000000155. The van der Waals surface area contributed by atoms with E-state index in [2.05, 4.69) is 15.3 Å². The van der Waals surface area contributed by atoms with Crippen molar-refractivity contribution < 1.29 is 9.18 Å². The van der Waals surface area contributed by atoms with Gasteiger partial charge < -0.3 is 5.32 Å². The van der Waals surface area contributed by atoms with Gasteiger partial charge in [-0.2, -0.15) is 0 Å². The van der Waals surface area contributed by atoms with Gasteiger partial charge in [0.15, 0.2) is 0 Å². The minimum Gasteiger partial charge on any atom is -0.313 e. The van der Waals surface area contributed by atoms with Gasteiger partial charge >= 0.3 is 0 Å². The second-order valence-electron chi connectivity index (χ2n) is 4.44. The number of halogens is 3. The number of anilines is 1. The van der Waals surface area contributed by atoms with Gasteiger partial charge in [0.25, 0.3) is 0 Å². The lowest BCUT2D eigenvalue weighted by atomic mass is 10.1. The summed E-state index contributed by atoms with van der Waals surface area (Å²) in [5.41, 5.74) is 1.18. The standard InChI is InChI=1S/C9H8ClF.C5H4ClN3O/c10-8-5-7(6-1-2-6)3-4-9(8)11;6-4-1-5(9-3-10)8-2-7-4/h3-6H,1-2H2;1-3H,(H,7,8,9,10). The van der Waals surface area contributed by atoms with Crippen LogP contribution in [0.3, 0.4) is 0 Å². The highest BCUT2D eigenvalue weighted by atomic mass is 35.5. The van der Waals surface area contributed by atoms with E-state index in [1.165, 1.54) is 36.9 Å². The number of hydrogen-bond donors (Lipinski definition) is 1. The number of nitrogens with one attached hydrogen (secondary N) is 1. The SMILES string of the molecule is Fc1ccc(C2CC2)cc1Cl.O=CNc1cc(Cl)ncn1. The normalized spacial score (nSPS) is 13.1. The average Bonchev–Trinajstić information content (AvgIpc) is 3.28. The summed E-state index contributed by atoms with van der Waals surface area (Å²) in [7, 11) is 0. The number of rotatable bonds is 3. The maximum absolute atomic E-state index is 12.7.